The van der Waals surface area contributed by atoms with Crippen LogP contribution in [0.15, 0.2) is 18.5 Å². The monoisotopic (exact) mass is 234 g/mol. The molecule has 0 radical (unpaired) electrons. The molecule has 1 atom stereocenters. The van der Waals surface area contributed by atoms with Crippen LogP contribution in [-0.4, -0.2) is 23.6 Å². The van der Waals surface area contributed by atoms with Gasteiger partial charge in [-0.25, -0.2) is 4.79 Å². The highest BCUT2D eigenvalue weighted by atomic mass is 16.5. The van der Waals surface area contributed by atoms with E-state index >= 15 is 0 Å². The van der Waals surface area contributed by atoms with Gasteiger partial charge in [0.15, 0.2) is 0 Å². The van der Waals surface area contributed by atoms with Crippen molar-refractivity contribution >= 4 is 5.97 Å². The van der Waals surface area contributed by atoms with E-state index in [-0.39, 0.29) is 12.0 Å². The Labute approximate surface area is 101 Å². The third kappa shape index (κ3) is 3.03. The molecule has 0 aromatic carbocycles. The van der Waals surface area contributed by atoms with Crippen LogP contribution in [-0.2, 0) is 9.53 Å². The normalized spacial score (nSPS) is 16.6. The first-order valence-corrected chi connectivity index (χ1v) is 6.05. The van der Waals surface area contributed by atoms with E-state index in [2.05, 4.69) is 10.3 Å². The Balaban J connectivity index is 2.19. The summed E-state index contributed by atoms with van der Waals surface area (Å²) in [7, 11) is 0. The lowest BCUT2D eigenvalue weighted by atomic mass is 10.0. The summed E-state index contributed by atoms with van der Waals surface area (Å²) in [5, 5.41) is 3.32. The summed E-state index contributed by atoms with van der Waals surface area (Å²) in [6, 6.07) is 1.98. The number of ether oxygens (including phenoxy) is 1. The molecule has 0 saturated heterocycles. The molecule has 92 valence electrons. The van der Waals surface area contributed by atoms with Gasteiger partial charge in [-0.15, -0.1) is 0 Å². The van der Waals surface area contributed by atoms with Crippen LogP contribution in [0.5, 0.6) is 0 Å². The molecule has 4 nitrogen and oxygen atoms in total. The third-order valence-electron chi connectivity index (χ3n) is 2.89. The Morgan fingerprint density at radius 3 is 3.00 bits per heavy atom. The van der Waals surface area contributed by atoms with Crippen molar-refractivity contribution in [2.75, 3.05) is 6.61 Å². The Hall–Kier alpha value is -1.42. The highest BCUT2D eigenvalue weighted by molar-refractivity contribution is 5.78. The molecular formula is C13H18N2O2. The van der Waals surface area contributed by atoms with Gasteiger partial charge in [0.05, 0.1) is 6.61 Å². The van der Waals surface area contributed by atoms with Crippen molar-refractivity contribution in [2.45, 2.75) is 38.8 Å². The quantitative estimate of drug-likeness (QED) is 0.788. The van der Waals surface area contributed by atoms with Crippen LogP contribution in [0.1, 0.15) is 36.9 Å². The van der Waals surface area contributed by atoms with Crippen LogP contribution in [0.4, 0.5) is 0 Å². The van der Waals surface area contributed by atoms with Crippen molar-refractivity contribution in [3.05, 3.63) is 29.6 Å². The first-order valence-electron chi connectivity index (χ1n) is 6.05. The van der Waals surface area contributed by atoms with Crippen molar-refractivity contribution in [3.63, 3.8) is 0 Å². The molecule has 1 saturated carbocycles. The van der Waals surface area contributed by atoms with Crippen molar-refractivity contribution < 1.29 is 9.53 Å². The first kappa shape index (κ1) is 12.0. The molecular weight excluding hydrogens is 216 g/mol. The molecule has 1 unspecified atom stereocenters. The molecule has 0 bridgehead atoms. The minimum atomic E-state index is -0.379. The van der Waals surface area contributed by atoms with E-state index < -0.39 is 0 Å². The summed E-state index contributed by atoms with van der Waals surface area (Å²) in [6.07, 6.45) is 5.74. The third-order valence-corrected chi connectivity index (χ3v) is 2.89. The number of aromatic nitrogens is 1. The standard InChI is InChI=1S/C13H18N2O2/c1-3-17-13(16)12(15-10-4-5-10)11-8-14-7-6-9(11)2/h6-8,10,12,15H,3-5H2,1-2H3. The molecule has 1 aromatic rings. The predicted molar refractivity (Wildman–Crippen MR) is 64.5 cm³/mol. The summed E-state index contributed by atoms with van der Waals surface area (Å²) in [4.78, 5) is 16.0. The first-order chi connectivity index (χ1) is 8.22. The number of hydrogen-bond donors (Lipinski definition) is 1. The number of hydrogen-bond acceptors (Lipinski definition) is 4. The summed E-state index contributed by atoms with van der Waals surface area (Å²) in [6.45, 7) is 4.21. The molecule has 1 N–H and O–H groups in total. The largest absolute Gasteiger partial charge is 0.465 e. The molecule has 0 amide bonds. The smallest absolute Gasteiger partial charge is 0.327 e. The minimum absolute atomic E-state index is 0.212. The van der Waals surface area contributed by atoms with Gasteiger partial charge in [-0.1, -0.05) is 0 Å². The van der Waals surface area contributed by atoms with Gasteiger partial charge in [0.1, 0.15) is 6.04 Å². The molecule has 0 aliphatic heterocycles. The van der Waals surface area contributed by atoms with Gasteiger partial charge in [-0.3, -0.25) is 10.3 Å². The van der Waals surface area contributed by atoms with E-state index in [1.807, 2.05) is 19.9 Å². The van der Waals surface area contributed by atoms with Gasteiger partial charge >= 0.3 is 5.97 Å². The number of nitrogens with one attached hydrogen (secondary N) is 1. The predicted octanol–water partition coefficient (Wildman–Crippen LogP) is 1.75. The zero-order valence-electron chi connectivity index (χ0n) is 10.3. The number of carbonyl (C=O) groups excluding carboxylic acids is 1. The average molecular weight is 234 g/mol. The second-order valence-corrected chi connectivity index (χ2v) is 4.36. The molecule has 1 heterocycles. The van der Waals surface area contributed by atoms with Gasteiger partial charge < -0.3 is 4.74 Å². The van der Waals surface area contributed by atoms with Crippen molar-refractivity contribution in [3.8, 4) is 0 Å². The molecule has 17 heavy (non-hydrogen) atoms. The molecule has 1 aliphatic rings. The maximum absolute atomic E-state index is 11.9. The molecule has 1 aromatic heterocycles. The number of carbonyl (C=O) groups is 1. The van der Waals surface area contributed by atoms with E-state index in [0.29, 0.717) is 12.6 Å². The van der Waals surface area contributed by atoms with E-state index in [1.165, 1.54) is 0 Å². The Bertz CT molecular complexity index is 402. The van der Waals surface area contributed by atoms with Gasteiger partial charge in [0.2, 0.25) is 0 Å². The summed E-state index contributed by atoms with van der Waals surface area (Å²) < 4.78 is 5.11. The fourth-order valence-electron chi connectivity index (χ4n) is 1.77. The van der Waals surface area contributed by atoms with Gasteiger partial charge in [0, 0.05) is 24.0 Å². The number of pyridine rings is 1. The SMILES string of the molecule is CCOC(=O)C(NC1CC1)c1cnccc1C. The molecule has 1 aliphatic carbocycles. The van der Waals surface area contributed by atoms with Crippen molar-refractivity contribution in [1.82, 2.24) is 10.3 Å². The highest BCUT2D eigenvalue weighted by Crippen LogP contribution is 2.26. The van der Waals surface area contributed by atoms with Crippen molar-refractivity contribution in [1.29, 1.82) is 0 Å². The van der Waals surface area contributed by atoms with E-state index in [4.69, 9.17) is 4.74 Å². The highest BCUT2D eigenvalue weighted by Gasteiger charge is 2.31. The lowest BCUT2D eigenvalue weighted by Crippen LogP contribution is -2.32. The van der Waals surface area contributed by atoms with E-state index in [1.54, 1.807) is 12.4 Å². The van der Waals surface area contributed by atoms with Crippen LogP contribution in [0.3, 0.4) is 0 Å². The van der Waals surface area contributed by atoms with Crippen LogP contribution in [0.2, 0.25) is 0 Å². The fraction of sp³-hybridized carbons (Fsp3) is 0.538. The maximum Gasteiger partial charge on any atom is 0.327 e. The van der Waals surface area contributed by atoms with Crippen LogP contribution in [0.25, 0.3) is 0 Å². The number of aryl methyl sites for hydroxylation is 1. The minimum Gasteiger partial charge on any atom is -0.465 e. The number of esters is 1. The summed E-state index contributed by atoms with van der Waals surface area (Å²) in [5.41, 5.74) is 1.98. The van der Waals surface area contributed by atoms with E-state index in [0.717, 1.165) is 24.0 Å². The zero-order chi connectivity index (χ0) is 12.3. The maximum atomic E-state index is 11.9. The summed E-state index contributed by atoms with van der Waals surface area (Å²) >= 11 is 0. The molecule has 1 fully saturated rings. The second kappa shape index (κ2) is 5.27. The fourth-order valence-corrected chi connectivity index (χ4v) is 1.77. The van der Waals surface area contributed by atoms with Crippen LogP contribution < -0.4 is 5.32 Å². The van der Waals surface area contributed by atoms with E-state index in [9.17, 15) is 4.79 Å². The topological polar surface area (TPSA) is 51.2 Å². The molecule has 2 rings (SSSR count). The Kier molecular flexibility index (Phi) is 3.74. The van der Waals surface area contributed by atoms with Crippen LogP contribution >= 0.6 is 0 Å². The number of rotatable bonds is 5. The Morgan fingerprint density at radius 1 is 1.65 bits per heavy atom. The molecule has 0 spiro atoms. The van der Waals surface area contributed by atoms with Crippen LogP contribution in [0, 0.1) is 6.92 Å². The second-order valence-electron chi connectivity index (χ2n) is 4.36. The lowest BCUT2D eigenvalue weighted by Gasteiger charge is -2.18. The molecule has 4 heteroatoms. The van der Waals surface area contributed by atoms with Gasteiger partial charge in [-0.2, -0.15) is 0 Å². The number of nitrogens with zero attached hydrogens (tertiary/aromatic N) is 1. The van der Waals surface area contributed by atoms with Gasteiger partial charge in [-0.05, 0) is 38.3 Å². The Morgan fingerprint density at radius 2 is 2.41 bits per heavy atom. The van der Waals surface area contributed by atoms with Gasteiger partial charge in [0.25, 0.3) is 0 Å². The van der Waals surface area contributed by atoms with Crippen molar-refractivity contribution in [2.24, 2.45) is 0 Å². The lowest BCUT2D eigenvalue weighted by molar-refractivity contribution is -0.146. The zero-order valence-corrected chi connectivity index (χ0v) is 10.3. The summed E-state index contributed by atoms with van der Waals surface area (Å²) in [5.74, 6) is -0.212. The average Bonchev–Trinajstić information content (AvgIpc) is 3.11.